The van der Waals surface area contributed by atoms with Crippen LogP contribution in [0.4, 0.5) is 0 Å². The van der Waals surface area contributed by atoms with Gasteiger partial charge in [0.1, 0.15) is 30.5 Å². The highest BCUT2D eigenvalue weighted by Crippen LogP contribution is 2.76. The molecule has 1 aliphatic heterocycles. The number of carbonyl (C=O) groups excluding carboxylic acids is 1. The minimum Gasteiger partial charge on any atom is -0.481 e. The summed E-state index contributed by atoms with van der Waals surface area (Å²) in [6, 6.07) is 0. The molecule has 8 nitrogen and oxygen atoms in total. The topological polar surface area (TPSA) is 145 Å². The summed E-state index contributed by atoms with van der Waals surface area (Å²) >= 11 is 0. The maximum atomic E-state index is 14.1. The van der Waals surface area contributed by atoms with Gasteiger partial charge in [-0.05, 0) is 109 Å². The lowest BCUT2D eigenvalue weighted by molar-refractivity contribution is -0.233. The molecule has 6 aliphatic rings. The molecule has 1 saturated heterocycles. The minimum absolute atomic E-state index is 0.0127. The Kier molecular flexibility index (Phi) is 7.90. The van der Waals surface area contributed by atoms with Crippen LogP contribution in [0, 0.1) is 56.2 Å². The van der Waals surface area contributed by atoms with E-state index in [4.69, 9.17) is 4.74 Å². The van der Waals surface area contributed by atoms with E-state index in [1.807, 2.05) is 0 Å². The molecule has 5 N–H and O–H groups in total. The summed E-state index contributed by atoms with van der Waals surface area (Å²) in [6.07, 6.45) is 4.19. The van der Waals surface area contributed by atoms with E-state index in [0.29, 0.717) is 12.3 Å². The summed E-state index contributed by atoms with van der Waals surface area (Å²) in [7, 11) is 0. The van der Waals surface area contributed by atoms with Gasteiger partial charge in [-0.15, -0.1) is 0 Å². The van der Waals surface area contributed by atoms with E-state index in [9.17, 15) is 35.1 Å². The molecule has 5 fully saturated rings. The predicted octanol–water partition coefficient (Wildman–Crippen LogP) is 4.90. The minimum atomic E-state index is -1.56. The number of hydrogen-bond donors (Lipinski definition) is 5. The third-order valence-electron chi connectivity index (χ3n) is 15.6. The number of carboxylic acid groups (broad SMARTS) is 1. The third kappa shape index (κ3) is 4.47. The van der Waals surface area contributed by atoms with Crippen molar-refractivity contribution in [1.29, 1.82) is 0 Å². The van der Waals surface area contributed by atoms with E-state index in [1.54, 1.807) is 0 Å². The Balaban J connectivity index is 1.31. The third-order valence-corrected chi connectivity index (χ3v) is 15.6. The van der Waals surface area contributed by atoms with Gasteiger partial charge in [-0.25, -0.2) is 0 Å². The quantitative estimate of drug-likeness (QED) is 0.276. The summed E-state index contributed by atoms with van der Waals surface area (Å²) in [6.45, 7) is 15.8. The average molecular weight is 631 g/mol. The molecule has 0 radical (unpaired) electrons. The first kappa shape index (κ1) is 33.6. The Hall–Kier alpha value is -1.32. The van der Waals surface area contributed by atoms with Crippen molar-refractivity contribution in [2.45, 2.75) is 143 Å². The van der Waals surface area contributed by atoms with Gasteiger partial charge < -0.3 is 30.3 Å². The number of hydrogen-bond acceptors (Lipinski definition) is 7. The highest BCUT2D eigenvalue weighted by molar-refractivity contribution is 5.87. The van der Waals surface area contributed by atoms with Crippen molar-refractivity contribution in [3.63, 3.8) is 0 Å². The summed E-state index contributed by atoms with van der Waals surface area (Å²) in [4.78, 5) is 27.1. The van der Waals surface area contributed by atoms with Gasteiger partial charge in [0.15, 0.2) is 5.78 Å². The molecule has 0 spiro atoms. The van der Waals surface area contributed by atoms with Gasteiger partial charge in [-0.3, -0.25) is 9.59 Å². The van der Waals surface area contributed by atoms with Crippen LogP contribution in [0.3, 0.4) is 0 Å². The van der Waals surface area contributed by atoms with Gasteiger partial charge in [0.25, 0.3) is 0 Å². The highest BCUT2D eigenvalue weighted by atomic mass is 16.5. The molecule has 0 amide bonds. The summed E-state index contributed by atoms with van der Waals surface area (Å²) < 4.78 is 5.75. The molecular formula is C37H58O8. The standard InChI is InChI=1S/C37H58O8/c1-32(2)14-16-37(31(43)44)17-15-35(6)20(22(37)18-32)8-9-25-34(5)12-10-21(33(3,4)24(34)11-13-36(25,35)7)26(39)30-29(42)28(41)27(40)23(19-38)45-30/h8,21-25,27-30,38,40-42H,9-19H2,1-7H3,(H,43,44)/t21-,22?,23?,24?,25?,27+,28-,29?,30-,34-,35+,36+,37-/m0/s1. The number of ketones is 1. The molecular weight excluding hydrogens is 572 g/mol. The zero-order chi connectivity index (χ0) is 33.1. The van der Waals surface area contributed by atoms with Gasteiger partial charge in [0.2, 0.25) is 0 Å². The number of ether oxygens (including phenoxy) is 1. The number of carbonyl (C=O) groups is 2. The van der Waals surface area contributed by atoms with E-state index >= 15 is 0 Å². The lowest BCUT2D eigenvalue weighted by Crippen LogP contribution is -2.66. The molecule has 8 heteroatoms. The van der Waals surface area contributed by atoms with Crippen molar-refractivity contribution in [3.05, 3.63) is 11.6 Å². The van der Waals surface area contributed by atoms with Crippen molar-refractivity contribution in [2.75, 3.05) is 6.61 Å². The Bertz CT molecular complexity index is 1250. The normalized spacial score (nSPS) is 51.9. The van der Waals surface area contributed by atoms with E-state index in [0.717, 1.165) is 57.8 Å². The van der Waals surface area contributed by atoms with Crippen LogP contribution >= 0.6 is 0 Å². The molecule has 0 aromatic rings. The fourth-order valence-corrected chi connectivity index (χ4v) is 12.7. The smallest absolute Gasteiger partial charge is 0.310 e. The van der Waals surface area contributed by atoms with Crippen molar-refractivity contribution >= 4 is 11.8 Å². The number of rotatable bonds is 4. The van der Waals surface area contributed by atoms with E-state index in [1.165, 1.54) is 5.57 Å². The Morgan fingerprint density at radius 2 is 1.51 bits per heavy atom. The van der Waals surface area contributed by atoms with Gasteiger partial charge in [-0.2, -0.15) is 0 Å². The van der Waals surface area contributed by atoms with Crippen LogP contribution in [0.1, 0.15) is 113 Å². The number of carboxylic acids is 1. The number of allylic oxidation sites excluding steroid dienone is 2. The molecule has 0 aromatic carbocycles. The summed E-state index contributed by atoms with van der Waals surface area (Å²) in [5, 5.41) is 51.8. The number of fused-ring (bicyclic) bond motifs is 7. The van der Waals surface area contributed by atoms with Crippen LogP contribution in [0.25, 0.3) is 0 Å². The largest absolute Gasteiger partial charge is 0.481 e. The maximum absolute atomic E-state index is 14.1. The van der Waals surface area contributed by atoms with Gasteiger partial charge in [0.05, 0.1) is 12.0 Å². The number of aliphatic hydroxyl groups is 4. The Morgan fingerprint density at radius 1 is 0.844 bits per heavy atom. The van der Waals surface area contributed by atoms with Crippen molar-refractivity contribution < 1.29 is 39.9 Å². The molecule has 45 heavy (non-hydrogen) atoms. The van der Waals surface area contributed by atoms with E-state index in [-0.39, 0.29) is 45.2 Å². The second-order valence-corrected chi connectivity index (χ2v) is 18.2. The van der Waals surface area contributed by atoms with Crippen molar-refractivity contribution in [1.82, 2.24) is 0 Å². The number of Topliss-reactive ketones (excluding diaryl/α,β-unsaturated/α-hetero) is 1. The SMILES string of the molecule is CC1(C)CC[C@]2(C(=O)O)CC[C@]3(C)C(=CCC4[C@@]5(C)CC[C@@H](C(=O)[C@@H]6OC(CO)[C@@H](O)[C@H](O)C6O)C(C)(C)C5CC[C@]43C)C2C1. The first-order valence-electron chi connectivity index (χ1n) is 17.6. The molecule has 0 bridgehead atoms. The van der Waals surface area contributed by atoms with Crippen molar-refractivity contribution in [3.8, 4) is 0 Å². The first-order chi connectivity index (χ1) is 20.8. The average Bonchev–Trinajstić information content (AvgIpc) is 2.95. The summed E-state index contributed by atoms with van der Waals surface area (Å²) in [5.41, 5.74) is 0.396. The van der Waals surface area contributed by atoms with Crippen LogP contribution < -0.4 is 0 Å². The first-order valence-corrected chi connectivity index (χ1v) is 17.6. The molecule has 5 aliphatic carbocycles. The molecule has 5 unspecified atom stereocenters. The lowest BCUT2D eigenvalue weighted by Gasteiger charge is -2.71. The second kappa shape index (κ2) is 10.6. The maximum Gasteiger partial charge on any atom is 0.310 e. The monoisotopic (exact) mass is 630 g/mol. The number of aliphatic hydroxyl groups excluding tert-OH is 4. The fourth-order valence-electron chi connectivity index (χ4n) is 12.7. The molecule has 254 valence electrons. The zero-order valence-electron chi connectivity index (χ0n) is 28.5. The number of aliphatic carboxylic acids is 1. The van der Waals surface area contributed by atoms with Crippen LogP contribution in [0.15, 0.2) is 11.6 Å². The Labute approximate surface area is 269 Å². The molecule has 6 rings (SSSR count). The zero-order valence-corrected chi connectivity index (χ0v) is 28.5. The molecule has 13 atom stereocenters. The predicted molar refractivity (Wildman–Crippen MR) is 169 cm³/mol. The molecule has 4 saturated carbocycles. The van der Waals surface area contributed by atoms with E-state index in [2.05, 4.69) is 54.5 Å². The highest BCUT2D eigenvalue weighted by Gasteiger charge is 2.70. The Morgan fingerprint density at radius 3 is 2.16 bits per heavy atom. The van der Waals surface area contributed by atoms with Crippen molar-refractivity contribution in [2.24, 2.45) is 56.2 Å². The van der Waals surface area contributed by atoms with Crippen LogP contribution in [-0.4, -0.2) is 74.4 Å². The van der Waals surface area contributed by atoms with Crippen LogP contribution in [0.5, 0.6) is 0 Å². The molecule has 0 aromatic heterocycles. The van der Waals surface area contributed by atoms with Gasteiger partial charge in [0, 0.05) is 5.92 Å². The summed E-state index contributed by atoms with van der Waals surface area (Å²) in [5.74, 6) is -0.523. The van der Waals surface area contributed by atoms with Gasteiger partial charge in [-0.1, -0.05) is 60.1 Å². The lowest BCUT2D eigenvalue weighted by atomic mass is 9.33. The van der Waals surface area contributed by atoms with Crippen LogP contribution in [0.2, 0.25) is 0 Å². The van der Waals surface area contributed by atoms with E-state index < -0.39 is 53.9 Å². The van der Waals surface area contributed by atoms with Gasteiger partial charge >= 0.3 is 5.97 Å². The molecule has 1 heterocycles. The fraction of sp³-hybridized carbons (Fsp3) is 0.892. The van der Waals surface area contributed by atoms with Crippen LogP contribution in [-0.2, 0) is 14.3 Å². The second-order valence-electron chi connectivity index (χ2n) is 18.2.